The van der Waals surface area contributed by atoms with Gasteiger partial charge in [-0.2, -0.15) is 0 Å². The van der Waals surface area contributed by atoms with Crippen LogP contribution in [0.2, 0.25) is 0 Å². The fourth-order valence-corrected chi connectivity index (χ4v) is 3.85. The van der Waals surface area contributed by atoms with E-state index in [0.29, 0.717) is 13.2 Å². The molecule has 1 saturated heterocycles. The molecule has 0 spiro atoms. The third kappa shape index (κ3) is 6.72. The number of hydrogen-bond acceptors (Lipinski definition) is 3. The van der Waals surface area contributed by atoms with Gasteiger partial charge in [0, 0.05) is 28.9 Å². The number of ether oxygens (including phenoxy) is 1. The van der Waals surface area contributed by atoms with E-state index < -0.39 is 0 Å². The third-order valence-corrected chi connectivity index (χ3v) is 5.80. The summed E-state index contributed by atoms with van der Waals surface area (Å²) in [6.07, 6.45) is 4.30. The number of anilines is 1. The number of nitrogens with zero attached hydrogens (tertiary/aromatic N) is 1. The molecule has 4 nitrogen and oxygen atoms in total. The van der Waals surface area contributed by atoms with E-state index in [2.05, 4.69) is 57.1 Å². The number of amides is 1. The van der Waals surface area contributed by atoms with Crippen LogP contribution in [0.3, 0.4) is 0 Å². The molecule has 0 atom stereocenters. The highest BCUT2D eigenvalue weighted by molar-refractivity contribution is 14.1. The number of halogens is 1. The van der Waals surface area contributed by atoms with Crippen LogP contribution in [0, 0.1) is 9.49 Å². The van der Waals surface area contributed by atoms with Gasteiger partial charge in [-0.15, -0.1) is 0 Å². The van der Waals surface area contributed by atoms with E-state index in [1.807, 2.05) is 30.3 Å². The normalized spacial score (nSPS) is 14.8. The molecule has 1 aliphatic heterocycles. The van der Waals surface area contributed by atoms with Crippen molar-refractivity contribution in [2.24, 2.45) is 5.92 Å². The number of rotatable bonds is 7. The molecular formula is C22H27IN2O2. The molecule has 0 bridgehead atoms. The summed E-state index contributed by atoms with van der Waals surface area (Å²) in [7, 11) is 0. The van der Waals surface area contributed by atoms with Crippen LogP contribution < -0.4 is 10.2 Å². The van der Waals surface area contributed by atoms with Crippen molar-refractivity contribution in [3.63, 3.8) is 0 Å². The van der Waals surface area contributed by atoms with Gasteiger partial charge >= 0.3 is 6.09 Å². The second-order valence-corrected chi connectivity index (χ2v) is 8.28. The Kier molecular flexibility index (Phi) is 7.80. The average Bonchev–Trinajstić information content (AvgIpc) is 2.71. The van der Waals surface area contributed by atoms with Crippen molar-refractivity contribution in [3.05, 3.63) is 63.7 Å². The van der Waals surface area contributed by atoms with Crippen LogP contribution >= 0.6 is 22.6 Å². The molecule has 0 unspecified atom stereocenters. The maximum atomic E-state index is 11.8. The van der Waals surface area contributed by atoms with Crippen molar-refractivity contribution < 1.29 is 9.53 Å². The van der Waals surface area contributed by atoms with Gasteiger partial charge in [0.05, 0.1) is 0 Å². The lowest BCUT2D eigenvalue weighted by Crippen LogP contribution is -2.34. The molecule has 2 aromatic rings. The Morgan fingerprint density at radius 1 is 1.07 bits per heavy atom. The minimum absolute atomic E-state index is 0.323. The number of benzene rings is 2. The number of hydrogen-bond donors (Lipinski definition) is 1. The van der Waals surface area contributed by atoms with Crippen molar-refractivity contribution in [3.8, 4) is 0 Å². The maximum Gasteiger partial charge on any atom is 0.407 e. The molecule has 1 amide bonds. The molecule has 3 rings (SSSR count). The number of alkyl carbamates (subject to hydrolysis) is 1. The molecule has 27 heavy (non-hydrogen) atoms. The number of piperidine rings is 1. The third-order valence-electron chi connectivity index (χ3n) is 5.08. The molecule has 1 heterocycles. The van der Waals surface area contributed by atoms with Crippen LogP contribution in [0.4, 0.5) is 10.5 Å². The summed E-state index contributed by atoms with van der Waals surface area (Å²) in [6.45, 7) is 3.25. The molecule has 1 fully saturated rings. The quantitative estimate of drug-likeness (QED) is 0.439. The summed E-state index contributed by atoms with van der Waals surface area (Å²) < 4.78 is 6.51. The summed E-state index contributed by atoms with van der Waals surface area (Å²) >= 11 is 2.34. The molecule has 5 heteroatoms. The summed E-state index contributed by atoms with van der Waals surface area (Å²) in [5.74, 6) is 0.757. The van der Waals surface area contributed by atoms with Gasteiger partial charge in [0.25, 0.3) is 0 Å². The van der Waals surface area contributed by atoms with Crippen molar-refractivity contribution in [2.45, 2.75) is 32.3 Å². The number of nitrogens with one attached hydrogen (secondary N) is 1. The lowest BCUT2D eigenvalue weighted by atomic mass is 9.92. The summed E-state index contributed by atoms with van der Waals surface area (Å²) in [4.78, 5) is 14.2. The zero-order chi connectivity index (χ0) is 18.9. The Morgan fingerprint density at radius 3 is 2.48 bits per heavy atom. The minimum atomic E-state index is -0.326. The SMILES string of the molecule is O=C(NCCCC1CCN(c2ccc(I)cc2)CC1)OCc1ccccc1. The standard InChI is InChI=1S/C22H27IN2O2/c23-20-8-10-21(11-9-20)25-15-12-18(13-16-25)7-4-14-24-22(26)27-17-19-5-2-1-3-6-19/h1-3,5-6,8-11,18H,4,7,12-17H2,(H,24,26). The second-order valence-electron chi connectivity index (χ2n) is 7.04. The lowest BCUT2D eigenvalue weighted by molar-refractivity contribution is 0.139. The first-order valence-corrected chi connectivity index (χ1v) is 10.7. The van der Waals surface area contributed by atoms with Crippen LogP contribution in [0.25, 0.3) is 0 Å². The van der Waals surface area contributed by atoms with Gasteiger partial charge in [-0.25, -0.2) is 4.79 Å². The first-order chi connectivity index (χ1) is 13.2. The van der Waals surface area contributed by atoms with Crippen molar-refractivity contribution in [1.82, 2.24) is 5.32 Å². The van der Waals surface area contributed by atoms with E-state index >= 15 is 0 Å². The van der Waals surface area contributed by atoms with Gasteiger partial charge in [0.15, 0.2) is 0 Å². The molecule has 1 aliphatic rings. The van der Waals surface area contributed by atoms with Crippen LogP contribution in [-0.2, 0) is 11.3 Å². The van der Waals surface area contributed by atoms with Crippen LogP contribution in [-0.4, -0.2) is 25.7 Å². The predicted octanol–water partition coefficient (Wildman–Crippen LogP) is 5.21. The fourth-order valence-electron chi connectivity index (χ4n) is 3.49. The van der Waals surface area contributed by atoms with Gasteiger partial charge in [0.1, 0.15) is 6.61 Å². The maximum absolute atomic E-state index is 11.8. The first-order valence-electron chi connectivity index (χ1n) is 9.66. The molecule has 0 saturated carbocycles. The summed E-state index contributed by atoms with van der Waals surface area (Å²) in [5.41, 5.74) is 2.34. The highest BCUT2D eigenvalue weighted by Gasteiger charge is 2.19. The smallest absolute Gasteiger partial charge is 0.407 e. The van der Waals surface area contributed by atoms with Gasteiger partial charge in [-0.05, 0) is 84.0 Å². The molecule has 2 aromatic carbocycles. The predicted molar refractivity (Wildman–Crippen MR) is 118 cm³/mol. The molecule has 144 valence electrons. The topological polar surface area (TPSA) is 41.6 Å². The Labute approximate surface area is 175 Å². The van der Waals surface area contributed by atoms with E-state index in [4.69, 9.17) is 4.74 Å². The van der Waals surface area contributed by atoms with E-state index in [-0.39, 0.29) is 6.09 Å². The Hall–Kier alpha value is -1.76. The zero-order valence-electron chi connectivity index (χ0n) is 15.6. The zero-order valence-corrected chi connectivity index (χ0v) is 17.7. The van der Waals surface area contributed by atoms with E-state index in [0.717, 1.165) is 31.0 Å². The van der Waals surface area contributed by atoms with E-state index in [9.17, 15) is 4.79 Å². The number of carbonyl (C=O) groups excluding carboxylic acids is 1. The van der Waals surface area contributed by atoms with Crippen molar-refractivity contribution >= 4 is 34.4 Å². The molecular weight excluding hydrogens is 451 g/mol. The van der Waals surface area contributed by atoms with Crippen LogP contribution in [0.15, 0.2) is 54.6 Å². The average molecular weight is 478 g/mol. The molecule has 0 aliphatic carbocycles. The lowest BCUT2D eigenvalue weighted by Gasteiger charge is -2.33. The summed E-state index contributed by atoms with van der Waals surface area (Å²) in [5, 5.41) is 2.86. The van der Waals surface area contributed by atoms with Crippen LogP contribution in [0.1, 0.15) is 31.2 Å². The van der Waals surface area contributed by atoms with Crippen molar-refractivity contribution in [1.29, 1.82) is 0 Å². The van der Waals surface area contributed by atoms with Gasteiger partial charge < -0.3 is 15.0 Å². The summed E-state index contributed by atoms with van der Waals surface area (Å²) in [6, 6.07) is 18.5. The highest BCUT2D eigenvalue weighted by atomic mass is 127. The second kappa shape index (κ2) is 10.5. The fraction of sp³-hybridized carbons (Fsp3) is 0.409. The minimum Gasteiger partial charge on any atom is -0.445 e. The largest absolute Gasteiger partial charge is 0.445 e. The van der Waals surface area contributed by atoms with E-state index in [1.165, 1.54) is 28.5 Å². The monoisotopic (exact) mass is 478 g/mol. The molecule has 0 aromatic heterocycles. The van der Waals surface area contributed by atoms with Crippen molar-refractivity contribution in [2.75, 3.05) is 24.5 Å². The Balaban J connectivity index is 1.27. The van der Waals surface area contributed by atoms with E-state index in [1.54, 1.807) is 0 Å². The Bertz CT molecular complexity index is 698. The molecule has 1 N–H and O–H groups in total. The van der Waals surface area contributed by atoms with Gasteiger partial charge in [-0.1, -0.05) is 30.3 Å². The Morgan fingerprint density at radius 2 is 1.78 bits per heavy atom. The van der Waals surface area contributed by atoms with Gasteiger partial charge in [-0.3, -0.25) is 0 Å². The van der Waals surface area contributed by atoms with Crippen LogP contribution in [0.5, 0.6) is 0 Å². The highest BCUT2D eigenvalue weighted by Crippen LogP contribution is 2.26. The number of carbonyl (C=O) groups is 1. The molecule has 0 radical (unpaired) electrons. The van der Waals surface area contributed by atoms with Gasteiger partial charge in [0.2, 0.25) is 0 Å². The first kappa shape index (κ1) is 20.0.